The van der Waals surface area contributed by atoms with Crippen molar-refractivity contribution in [3.8, 4) is 17.1 Å². The summed E-state index contributed by atoms with van der Waals surface area (Å²) in [5, 5.41) is 0. The molecule has 0 aliphatic heterocycles. The Morgan fingerprint density at radius 1 is 1.29 bits per heavy atom. The van der Waals surface area contributed by atoms with Gasteiger partial charge in [0, 0.05) is 48.3 Å². The van der Waals surface area contributed by atoms with Crippen LogP contribution in [0.5, 0.6) is 5.88 Å². The third kappa shape index (κ3) is 3.99. The predicted molar refractivity (Wildman–Crippen MR) is 111 cm³/mol. The van der Waals surface area contributed by atoms with Crippen molar-refractivity contribution in [2.45, 2.75) is 45.4 Å². The van der Waals surface area contributed by atoms with Crippen LogP contribution in [0, 0.1) is 0 Å². The summed E-state index contributed by atoms with van der Waals surface area (Å²) >= 11 is -1.13. The van der Waals surface area contributed by atoms with Crippen molar-refractivity contribution >= 4 is 17.0 Å². The number of fused-ring (bicyclic) bond motifs is 1. The molecule has 0 N–H and O–H groups in total. The van der Waals surface area contributed by atoms with Gasteiger partial charge in [0.05, 0.1) is 24.5 Å². The van der Waals surface area contributed by atoms with Gasteiger partial charge in [-0.15, -0.1) is 4.31 Å². The third-order valence-electron chi connectivity index (χ3n) is 4.52. The standard InChI is InChI=1S/C20H27N5O2S/c1-7-25(28(26)20(3,4)5)14(2)16-12-15(8-9-21-16)17-13-24-11-10-22-18(24)19(23-17)27-6/h8-14H,7H2,1-6H3. The van der Waals surface area contributed by atoms with Crippen molar-refractivity contribution in [3.05, 3.63) is 42.6 Å². The number of ether oxygens (including phenoxy) is 1. The monoisotopic (exact) mass is 401 g/mol. The molecule has 3 aromatic heterocycles. The van der Waals surface area contributed by atoms with Crippen LogP contribution in [0.4, 0.5) is 0 Å². The van der Waals surface area contributed by atoms with E-state index < -0.39 is 11.4 Å². The number of pyridine rings is 1. The summed E-state index contributed by atoms with van der Waals surface area (Å²) in [4.78, 5) is 13.4. The van der Waals surface area contributed by atoms with Crippen molar-refractivity contribution < 1.29 is 9.29 Å². The van der Waals surface area contributed by atoms with E-state index in [1.54, 1.807) is 19.5 Å². The molecule has 0 spiro atoms. The van der Waals surface area contributed by atoms with Gasteiger partial charge in [0.1, 0.15) is 4.75 Å². The predicted octanol–water partition coefficient (Wildman–Crippen LogP) is 3.65. The number of imidazole rings is 1. The second-order valence-corrected chi connectivity index (χ2v) is 9.73. The molecule has 0 bridgehead atoms. The minimum absolute atomic E-state index is 0.0936. The van der Waals surface area contributed by atoms with Gasteiger partial charge in [-0.05, 0) is 46.8 Å². The molecule has 0 aliphatic rings. The summed E-state index contributed by atoms with van der Waals surface area (Å²) < 4.78 is 21.9. The van der Waals surface area contributed by atoms with Crippen LogP contribution >= 0.6 is 0 Å². The Labute approximate surface area is 169 Å². The molecule has 7 nitrogen and oxygen atoms in total. The summed E-state index contributed by atoms with van der Waals surface area (Å²) in [6.07, 6.45) is 7.25. The lowest BCUT2D eigenvalue weighted by Crippen LogP contribution is -2.44. The van der Waals surface area contributed by atoms with Gasteiger partial charge in [-0.1, -0.05) is 0 Å². The quantitative estimate of drug-likeness (QED) is 0.587. The van der Waals surface area contributed by atoms with Gasteiger partial charge in [0.25, 0.3) is 5.88 Å². The summed E-state index contributed by atoms with van der Waals surface area (Å²) in [5.41, 5.74) is 3.21. The fraction of sp³-hybridized carbons (Fsp3) is 0.450. The Morgan fingerprint density at radius 2 is 2.04 bits per heavy atom. The number of methoxy groups -OCH3 is 1. The van der Waals surface area contributed by atoms with Crippen LogP contribution < -0.4 is 4.74 Å². The van der Waals surface area contributed by atoms with Gasteiger partial charge in [0.15, 0.2) is 5.65 Å². The molecular formula is C20H27N5O2S. The fourth-order valence-corrected chi connectivity index (χ4v) is 4.38. The van der Waals surface area contributed by atoms with E-state index in [4.69, 9.17) is 4.74 Å². The first-order chi connectivity index (χ1) is 13.3. The average molecular weight is 402 g/mol. The maximum absolute atomic E-state index is 12.9. The second kappa shape index (κ2) is 8.06. The van der Waals surface area contributed by atoms with E-state index in [-0.39, 0.29) is 10.8 Å². The molecule has 3 rings (SSSR count). The van der Waals surface area contributed by atoms with Crippen LogP contribution in [0.2, 0.25) is 0 Å². The van der Waals surface area contributed by atoms with Crippen molar-refractivity contribution in [3.63, 3.8) is 0 Å². The molecule has 2 atom stereocenters. The van der Waals surface area contributed by atoms with Crippen LogP contribution in [0.25, 0.3) is 16.9 Å². The van der Waals surface area contributed by atoms with E-state index >= 15 is 0 Å². The molecule has 0 fully saturated rings. The zero-order valence-corrected chi connectivity index (χ0v) is 18.0. The van der Waals surface area contributed by atoms with Crippen LogP contribution in [0.1, 0.15) is 46.4 Å². The molecule has 0 amide bonds. The Balaban J connectivity index is 1.98. The van der Waals surface area contributed by atoms with E-state index in [1.165, 1.54) is 0 Å². The van der Waals surface area contributed by atoms with E-state index in [1.807, 2.05) is 67.9 Å². The molecule has 0 radical (unpaired) electrons. The smallest absolute Gasteiger partial charge is 0.258 e. The van der Waals surface area contributed by atoms with Gasteiger partial charge in [-0.3, -0.25) is 4.98 Å². The van der Waals surface area contributed by atoms with Crippen molar-refractivity contribution in [2.75, 3.05) is 13.7 Å². The van der Waals surface area contributed by atoms with Crippen LogP contribution in [0.3, 0.4) is 0 Å². The first kappa shape index (κ1) is 20.6. The number of aromatic nitrogens is 4. The number of hydrogen-bond acceptors (Lipinski definition) is 6. The first-order valence-electron chi connectivity index (χ1n) is 9.29. The molecule has 8 heteroatoms. The van der Waals surface area contributed by atoms with E-state index in [2.05, 4.69) is 15.0 Å². The Hall–Kier alpha value is -2.16. The van der Waals surface area contributed by atoms with Gasteiger partial charge < -0.3 is 13.7 Å². The SMILES string of the molecule is CCN(C(C)c1cc(-c2cn3ccnc3c(OC)n2)ccn1)[S+]([O-])C(C)(C)C. The number of hydrogen-bond donors (Lipinski definition) is 0. The van der Waals surface area contributed by atoms with Gasteiger partial charge in [-0.25, -0.2) is 9.97 Å². The molecule has 0 saturated heterocycles. The topological polar surface area (TPSA) is 78.6 Å². The lowest BCUT2D eigenvalue weighted by molar-refractivity contribution is 0.339. The maximum Gasteiger partial charge on any atom is 0.258 e. The third-order valence-corrected chi connectivity index (χ3v) is 6.57. The highest BCUT2D eigenvalue weighted by atomic mass is 32.2. The Kier molecular flexibility index (Phi) is 5.92. The lowest BCUT2D eigenvalue weighted by atomic mass is 10.1. The second-order valence-electron chi connectivity index (χ2n) is 7.53. The highest BCUT2D eigenvalue weighted by Gasteiger charge is 2.36. The summed E-state index contributed by atoms with van der Waals surface area (Å²) in [6, 6.07) is 3.82. The van der Waals surface area contributed by atoms with Crippen molar-refractivity contribution in [1.29, 1.82) is 0 Å². The highest BCUT2D eigenvalue weighted by molar-refractivity contribution is 7.90. The van der Waals surface area contributed by atoms with E-state index in [0.29, 0.717) is 18.1 Å². The minimum Gasteiger partial charge on any atom is -0.597 e. The van der Waals surface area contributed by atoms with Crippen LogP contribution in [0.15, 0.2) is 36.9 Å². The van der Waals surface area contributed by atoms with Crippen molar-refractivity contribution in [2.24, 2.45) is 0 Å². The average Bonchev–Trinajstić information content (AvgIpc) is 3.15. The Bertz CT molecular complexity index is 953. The Morgan fingerprint density at radius 3 is 2.68 bits per heavy atom. The fourth-order valence-electron chi connectivity index (χ4n) is 3.05. The zero-order chi connectivity index (χ0) is 20.5. The minimum atomic E-state index is -1.13. The molecule has 0 aliphatic carbocycles. The molecular weight excluding hydrogens is 374 g/mol. The van der Waals surface area contributed by atoms with Gasteiger partial charge >= 0.3 is 0 Å². The lowest BCUT2D eigenvalue weighted by Gasteiger charge is -2.35. The molecule has 2 unspecified atom stereocenters. The van der Waals surface area contributed by atoms with Gasteiger partial charge in [0.2, 0.25) is 0 Å². The van der Waals surface area contributed by atoms with E-state index in [9.17, 15) is 4.55 Å². The summed E-state index contributed by atoms with van der Waals surface area (Å²) in [5.74, 6) is 0.470. The first-order valence-corrected chi connectivity index (χ1v) is 10.4. The zero-order valence-electron chi connectivity index (χ0n) is 17.2. The molecule has 28 heavy (non-hydrogen) atoms. The summed E-state index contributed by atoms with van der Waals surface area (Å²) in [7, 11) is 1.59. The van der Waals surface area contributed by atoms with Crippen molar-refractivity contribution in [1.82, 2.24) is 23.7 Å². The van der Waals surface area contributed by atoms with Gasteiger partial charge in [-0.2, -0.15) is 0 Å². The number of rotatable bonds is 6. The molecule has 3 aromatic rings. The molecule has 0 saturated carbocycles. The summed E-state index contributed by atoms with van der Waals surface area (Å²) in [6.45, 7) is 10.7. The normalized spacial score (nSPS) is 14.4. The van der Waals surface area contributed by atoms with Crippen LogP contribution in [-0.2, 0) is 11.4 Å². The highest BCUT2D eigenvalue weighted by Crippen LogP contribution is 2.30. The largest absolute Gasteiger partial charge is 0.597 e. The molecule has 0 aromatic carbocycles. The number of nitrogens with zero attached hydrogens (tertiary/aromatic N) is 5. The maximum atomic E-state index is 12.9. The van der Waals surface area contributed by atoms with Crippen LogP contribution in [-0.4, -0.2) is 46.6 Å². The molecule has 150 valence electrons. The van der Waals surface area contributed by atoms with E-state index in [0.717, 1.165) is 17.0 Å². The molecule has 3 heterocycles.